The molecule has 3 amide bonds. The standard InChI is InChI=1S/C23H29N3O4/c1-4-5-13-30-20-8-6-7-18(15-20)23(29)26-25-22(28)17-9-11-19(12-10-17)24-21(27)14-16(2)3/h6-12,15-16H,4-5,13-14H2,1-3H3,(H,24,27)(H,25,28)(H,26,29). The number of unbranched alkanes of at least 4 members (excludes halogenated alkanes) is 1. The first-order chi connectivity index (χ1) is 14.4. The number of ether oxygens (including phenoxy) is 1. The van der Waals surface area contributed by atoms with E-state index in [1.165, 1.54) is 0 Å². The van der Waals surface area contributed by atoms with Crippen LogP contribution in [0.15, 0.2) is 48.5 Å². The van der Waals surface area contributed by atoms with E-state index < -0.39 is 11.8 Å². The number of hydrogen-bond acceptors (Lipinski definition) is 4. The number of carbonyl (C=O) groups excluding carboxylic acids is 3. The van der Waals surface area contributed by atoms with Crippen LogP contribution >= 0.6 is 0 Å². The number of hydrazine groups is 1. The van der Waals surface area contributed by atoms with Crippen molar-refractivity contribution in [3.05, 3.63) is 59.7 Å². The van der Waals surface area contributed by atoms with E-state index in [0.717, 1.165) is 12.8 Å². The summed E-state index contributed by atoms with van der Waals surface area (Å²) >= 11 is 0. The fourth-order valence-electron chi connectivity index (χ4n) is 2.61. The van der Waals surface area contributed by atoms with Crippen LogP contribution in [0.1, 0.15) is 60.7 Å². The van der Waals surface area contributed by atoms with Crippen molar-refractivity contribution in [2.45, 2.75) is 40.0 Å². The molecule has 0 saturated heterocycles. The van der Waals surface area contributed by atoms with E-state index in [1.807, 2.05) is 13.8 Å². The molecule has 0 aromatic heterocycles. The van der Waals surface area contributed by atoms with E-state index >= 15 is 0 Å². The summed E-state index contributed by atoms with van der Waals surface area (Å²) in [5.41, 5.74) is 6.13. The van der Waals surface area contributed by atoms with Crippen molar-refractivity contribution < 1.29 is 19.1 Å². The van der Waals surface area contributed by atoms with Crippen LogP contribution < -0.4 is 20.9 Å². The fourth-order valence-corrected chi connectivity index (χ4v) is 2.61. The molecule has 160 valence electrons. The van der Waals surface area contributed by atoms with Crippen LogP contribution in [0.2, 0.25) is 0 Å². The number of benzene rings is 2. The minimum atomic E-state index is -0.459. The lowest BCUT2D eigenvalue weighted by Gasteiger charge is -2.10. The molecule has 0 atom stereocenters. The first kappa shape index (κ1) is 22.9. The number of hydrogen-bond donors (Lipinski definition) is 3. The monoisotopic (exact) mass is 411 g/mol. The highest BCUT2D eigenvalue weighted by Gasteiger charge is 2.11. The van der Waals surface area contributed by atoms with Crippen molar-refractivity contribution in [3.63, 3.8) is 0 Å². The molecule has 0 fully saturated rings. The molecule has 7 heteroatoms. The average molecular weight is 412 g/mol. The zero-order valence-corrected chi connectivity index (χ0v) is 17.7. The van der Waals surface area contributed by atoms with Gasteiger partial charge in [0.25, 0.3) is 11.8 Å². The van der Waals surface area contributed by atoms with Crippen molar-refractivity contribution in [1.82, 2.24) is 10.9 Å². The summed E-state index contributed by atoms with van der Waals surface area (Å²) < 4.78 is 5.59. The Kier molecular flexibility index (Phi) is 8.87. The molecule has 30 heavy (non-hydrogen) atoms. The second kappa shape index (κ2) is 11.6. The summed E-state index contributed by atoms with van der Waals surface area (Å²) in [5, 5.41) is 2.78. The lowest BCUT2D eigenvalue weighted by atomic mass is 10.1. The molecule has 0 radical (unpaired) electrons. The number of carbonyl (C=O) groups is 3. The smallest absolute Gasteiger partial charge is 0.269 e. The Morgan fingerprint density at radius 1 is 0.933 bits per heavy atom. The van der Waals surface area contributed by atoms with Gasteiger partial charge in [-0.1, -0.05) is 33.3 Å². The lowest BCUT2D eigenvalue weighted by Crippen LogP contribution is -2.41. The molecule has 0 heterocycles. The molecule has 0 spiro atoms. The molecular weight excluding hydrogens is 382 g/mol. The molecule has 2 rings (SSSR count). The van der Waals surface area contributed by atoms with Gasteiger partial charge >= 0.3 is 0 Å². The van der Waals surface area contributed by atoms with E-state index in [1.54, 1.807) is 48.5 Å². The van der Waals surface area contributed by atoms with Gasteiger partial charge in [-0.15, -0.1) is 0 Å². The number of nitrogens with one attached hydrogen (secondary N) is 3. The van der Waals surface area contributed by atoms with Gasteiger partial charge in [-0.2, -0.15) is 0 Å². The van der Waals surface area contributed by atoms with Gasteiger partial charge in [-0.25, -0.2) is 0 Å². The van der Waals surface area contributed by atoms with Gasteiger partial charge in [-0.05, 0) is 54.8 Å². The Hall–Kier alpha value is -3.35. The summed E-state index contributed by atoms with van der Waals surface area (Å²) in [6, 6.07) is 13.2. The van der Waals surface area contributed by atoms with Crippen molar-refractivity contribution >= 4 is 23.4 Å². The van der Waals surface area contributed by atoms with Gasteiger partial charge in [0.15, 0.2) is 0 Å². The predicted octanol–water partition coefficient (Wildman–Crippen LogP) is 3.92. The Morgan fingerprint density at radius 3 is 2.23 bits per heavy atom. The zero-order valence-electron chi connectivity index (χ0n) is 17.7. The van der Waals surface area contributed by atoms with Gasteiger partial charge in [0.1, 0.15) is 5.75 Å². The topological polar surface area (TPSA) is 96.5 Å². The minimum absolute atomic E-state index is 0.0737. The van der Waals surface area contributed by atoms with Gasteiger partial charge in [0.05, 0.1) is 6.61 Å². The number of amides is 3. The highest BCUT2D eigenvalue weighted by molar-refractivity contribution is 5.99. The normalized spacial score (nSPS) is 10.4. The Morgan fingerprint density at radius 2 is 1.60 bits per heavy atom. The van der Waals surface area contributed by atoms with Crippen molar-refractivity contribution in [3.8, 4) is 5.75 Å². The molecule has 3 N–H and O–H groups in total. The predicted molar refractivity (Wildman–Crippen MR) is 116 cm³/mol. The Labute approximate surface area is 177 Å². The quantitative estimate of drug-likeness (QED) is 0.430. The molecule has 0 aliphatic heterocycles. The van der Waals surface area contributed by atoms with Gasteiger partial charge < -0.3 is 10.1 Å². The highest BCUT2D eigenvalue weighted by atomic mass is 16.5. The molecule has 0 aliphatic carbocycles. The van der Waals surface area contributed by atoms with Crippen molar-refractivity contribution in [2.75, 3.05) is 11.9 Å². The fraction of sp³-hybridized carbons (Fsp3) is 0.348. The molecule has 0 saturated carbocycles. The molecule has 0 bridgehead atoms. The molecule has 0 unspecified atom stereocenters. The van der Waals surface area contributed by atoms with Crippen LogP contribution in [0.3, 0.4) is 0 Å². The first-order valence-corrected chi connectivity index (χ1v) is 10.1. The Balaban J connectivity index is 1.87. The Bertz CT molecular complexity index is 863. The maximum absolute atomic E-state index is 12.3. The van der Waals surface area contributed by atoms with Crippen LogP contribution in [-0.2, 0) is 4.79 Å². The minimum Gasteiger partial charge on any atom is -0.494 e. The summed E-state index contributed by atoms with van der Waals surface area (Å²) in [5.74, 6) is -0.101. The maximum atomic E-state index is 12.3. The summed E-state index contributed by atoms with van der Waals surface area (Å²) in [6.07, 6.45) is 2.39. The average Bonchev–Trinajstić information content (AvgIpc) is 2.72. The zero-order chi connectivity index (χ0) is 21.9. The molecule has 2 aromatic carbocycles. The van der Waals surface area contributed by atoms with Crippen LogP contribution in [-0.4, -0.2) is 24.3 Å². The SMILES string of the molecule is CCCCOc1cccc(C(=O)NNC(=O)c2ccc(NC(=O)CC(C)C)cc2)c1. The first-order valence-electron chi connectivity index (χ1n) is 10.1. The van der Waals surface area contributed by atoms with Gasteiger partial charge in [0.2, 0.25) is 5.91 Å². The third-order valence-corrected chi connectivity index (χ3v) is 4.18. The second-order valence-corrected chi connectivity index (χ2v) is 7.36. The van der Waals surface area contributed by atoms with Gasteiger partial charge in [-0.3, -0.25) is 25.2 Å². The highest BCUT2D eigenvalue weighted by Crippen LogP contribution is 2.14. The van der Waals surface area contributed by atoms with E-state index in [4.69, 9.17) is 4.74 Å². The van der Waals surface area contributed by atoms with Crippen LogP contribution in [0.25, 0.3) is 0 Å². The largest absolute Gasteiger partial charge is 0.494 e. The van der Waals surface area contributed by atoms with Crippen LogP contribution in [0, 0.1) is 5.92 Å². The van der Waals surface area contributed by atoms with Gasteiger partial charge in [0, 0.05) is 23.2 Å². The maximum Gasteiger partial charge on any atom is 0.269 e. The number of rotatable bonds is 9. The summed E-state index contributed by atoms with van der Waals surface area (Å²) in [4.78, 5) is 36.4. The van der Waals surface area contributed by atoms with Crippen molar-refractivity contribution in [1.29, 1.82) is 0 Å². The molecule has 2 aromatic rings. The van der Waals surface area contributed by atoms with E-state index in [9.17, 15) is 14.4 Å². The number of anilines is 1. The lowest BCUT2D eigenvalue weighted by molar-refractivity contribution is -0.116. The van der Waals surface area contributed by atoms with E-state index in [-0.39, 0.29) is 11.8 Å². The van der Waals surface area contributed by atoms with E-state index in [2.05, 4.69) is 23.1 Å². The summed E-state index contributed by atoms with van der Waals surface area (Å²) in [7, 11) is 0. The molecular formula is C23H29N3O4. The summed E-state index contributed by atoms with van der Waals surface area (Å²) in [6.45, 7) is 6.60. The second-order valence-electron chi connectivity index (χ2n) is 7.36. The third-order valence-electron chi connectivity index (χ3n) is 4.18. The van der Waals surface area contributed by atoms with Crippen molar-refractivity contribution in [2.24, 2.45) is 5.92 Å². The molecule has 0 aliphatic rings. The van der Waals surface area contributed by atoms with Crippen LogP contribution in [0.5, 0.6) is 5.75 Å². The van der Waals surface area contributed by atoms with Crippen LogP contribution in [0.4, 0.5) is 5.69 Å². The molecule has 7 nitrogen and oxygen atoms in total. The van der Waals surface area contributed by atoms with E-state index in [0.29, 0.717) is 35.6 Å². The third kappa shape index (κ3) is 7.58.